The highest BCUT2D eigenvalue weighted by Gasteiger charge is 2.40. The zero-order valence-electron chi connectivity index (χ0n) is 14.4. The molecule has 0 saturated carbocycles. The molecule has 3 heterocycles. The van der Waals surface area contributed by atoms with Crippen molar-refractivity contribution >= 4 is 17.5 Å². The maximum Gasteiger partial charge on any atom is 0.282 e. The van der Waals surface area contributed by atoms with Crippen molar-refractivity contribution in [1.29, 1.82) is 0 Å². The number of benzene rings is 1. The first-order valence-corrected chi connectivity index (χ1v) is 8.43. The van der Waals surface area contributed by atoms with E-state index in [-0.39, 0.29) is 23.4 Å². The topological polar surface area (TPSA) is 132 Å². The molecule has 0 unspecified atom stereocenters. The van der Waals surface area contributed by atoms with Crippen molar-refractivity contribution in [3.8, 4) is 11.4 Å². The van der Waals surface area contributed by atoms with E-state index < -0.39 is 16.7 Å². The maximum atomic E-state index is 12.5. The number of carbonyl (C=O) groups is 2. The van der Waals surface area contributed by atoms with Gasteiger partial charge in [0.25, 0.3) is 17.5 Å². The predicted molar refractivity (Wildman–Crippen MR) is 94.3 cm³/mol. The monoisotopic (exact) mass is 379 g/mol. The van der Waals surface area contributed by atoms with E-state index in [4.69, 9.17) is 4.52 Å². The van der Waals surface area contributed by atoms with Crippen molar-refractivity contribution in [2.45, 2.75) is 12.8 Å². The fourth-order valence-corrected chi connectivity index (χ4v) is 3.03. The number of imide groups is 1. The lowest BCUT2D eigenvalue weighted by Crippen LogP contribution is -2.31. The first kappa shape index (κ1) is 17.5. The third kappa shape index (κ3) is 3.00. The molecule has 1 aromatic carbocycles. The standard InChI is InChI=1S/C18H13N5O5/c24-17-12-3-1-4-13(23(26)27)15(12)18(25)22(17)10-2-5-14-20-16(21-28-14)11-6-8-19-9-7-11/h1,3-4,6-9H,2,5,10H2. The summed E-state index contributed by atoms with van der Waals surface area (Å²) in [4.78, 5) is 44.6. The smallest absolute Gasteiger partial charge is 0.282 e. The lowest BCUT2D eigenvalue weighted by Gasteiger charge is -2.12. The van der Waals surface area contributed by atoms with Crippen LogP contribution in [0.3, 0.4) is 0 Å². The predicted octanol–water partition coefficient (Wildman–Crippen LogP) is 2.27. The number of fused-ring (bicyclic) bond motifs is 1. The number of rotatable bonds is 6. The van der Waals surface area contributed by atoms with E-state index >= 15 is 0 Å². The van der Waals surface area contributed by atoms with Crippen LogP contribution in [0.1, 0.15) is 33.0 Å². The van der Waals surface area contributed by atoms with Crippen LogP contribution in [0.5, 0.6) is 0 Å². The average molecular weight is 379 g/mol. The number of nitro groups is 1. The van der Waals surface area contributed by atoms with E-state index in [9.17, 15) is 19.7 Å². The molecule has 28 heavy (non-hydrogen) atoms. The molecular weight excluding hydrogens is 366 g/mol. The van der Waals surface area contributed by atoms with Crippen LogP contribution in [0.4, 0.5) is 5.69 Å². The number of aryl methyl sites for hydroxylation is 1. The average Bonchev–Trinajstić information content (AvgIpc) is 3.27. The molecule has 0 fully saturated rings. The number of carbonyl (C=O) groups excluding carboxylic acids is 2. The normalized spacial score (nSPS) is 13.1. The molecule has 1 aliphatic rings. The van der Waals surface area contributed by atoms with Gasteiger partial charge in [0.15, 0.2) is 0 Å². The molecular formula is C18H13N5O5. The number of pyridine rings is 1. The molecule has 2 aromatic heterocycles. The fraction of sp³-hybridized carbons (Fsp3) is 0.167. The molecule has 0 saturated heterocycles. The highest BCUT2D eigenvalue weighted by molar-refractivity contribution is 6.23. The second-order valence-corrected chi connectivity index (χ2v) is 6.07. The summed E-state index contributed by atoms with van der Waals surface area (Å²) in [7, 11) is 0. The Bertz CT molecular complexity index is 1080. The minimum Gasteiger partial charge on any atom is -0.339 e. The lowest BCUT2D eigenvalue weighted by molar-refractivity contribution is -0.385. The summed E-state index contributed by atoms with van der Waals surface area (Å²) in [5.74, 6) is -0.398. The second kappa shape index (κ2) is 6.99. The Morgan fingerprint density at radius 1 is 1.11 bits per heavy atom. The zero-order chi connectivity index (χ0) is 19.7. The van der Waals surface area contributed by atoms with Crippen LogP contribution in [0.2, 0.25) is 0 Å². The number of nitrogens with zero attached hydrogens (tertiary/aromatic N) is 5. The van der Waals surface area contributed by atoms with Gasteiger partial charge in [-0.15, -0.1) is 0 Å². The van der Waals surface area contributed by atoms with Gasteiger partial charge in [0.2, 0.25) is 11.7 Å². The van der Waals surface area contributed by atoms with Crippen molar-refractivity contribution in [3.63, 3.8) is 0 Å². The van der Waals surface area contributed by atoms with E-state index in [1.807, 2.05) is 0 Å². The molecule has 0 N–H and O–H groups in total. The molecule has 10 nitrogen and oxygen atoms in total. The molecule has 0 atom stereocenters. The Balaban J connectivity index is 1.43. The van der Waals surface area contributed by atoms with Crippen molar-refractivity contribution in [2.75, 3.05) is 6.54 Å². The summed E-state index contributed by atoms with van der Waals surface area (Å²) in [6.45, 7) is 0.0937. The van der Waals surface area contributed by atoms with Crippen molar-refractivity contribution in [2.24, 2.45) is 0 Å². The number of amides is 2. The second-order valence-electron chi connectivity index (χ2n) is 6.07. The van der Waals surface area contributed by atoms with E-state index in [1.54, 1.807) is 24.5 Å². The minimum absolute atomic E-state index is 0.0527. The van der Waals surface area contributed by atoms with Gasteiger partial charge in [-0.3, -0.25) is 29.6 Å². The third-order valence-electron chi connectivity index (χ3n) is 4.35. The summed E-state index contributed by atoms with van der Waals surface area (Å²) in [6, 6.07) is 7.53. The largest absolute Gasteiger partial charge is 0.339 e. The summed E-state index contributed by atoms with van der Waals surface area (Å²) in [5.41, 5.74) is 0.294. The first-order valence-electron chi connectivity index (χ1n) is 8.43. The molecule has 0 bridgehead atoms. The van der Waals surface area contributed by atoms with Gasteiger partial charge in [0.1, 0.15) is 5.56 Å². The molecule has 4 rings (SSSR count). The van der Waals surface area contributed by atoms with Gasteiger partial charge in [0, 0.05) is 37.0 Å². The molecule has 1 aliphatic heterocycles. The van der Waals surface area contributed by atoms with Gasteiger partial charge in [-0.1, -0.05) is 11.2 Å². The number of hydrogen-bond acceptors (Lipinski definition) is 8. The molecule has 0 aliphatic carbocycles. The van der Waals surface area contributed by atoms with Crippen LogP contribution in [-0.4, -0.2) is 43.3 Å². The summed E-state index contributed by atoms with van der Waals surface area (Å²) >= 11 is 0. The number of aromatic nitrogens is 3. The summed E-state index contributed by atoms with van der Waals surface area (Å²) < 4.78 is 5.19. The molecule has 0 spiro atoms. The van der Waals surface area contributed by atoms with Crippen LogP contribution in [0.15, 0.2) is 47.2 Å². The maximum absolute atomic E-state index is 12.5. The molecule has 3 aromatic rings. The number of nitro benzene ring substituents is 1. The van der Waals surface area contributed by atoms with Crippen LogP contribution in [-0.2, 0) is 6.42 Å². The Hall–Kier alpha value is -3.95. The van der Waals surface area contributed by atoms with E-state index in [1.165, 1.54) is 18.2 Å². The Kier molecular flexibility index (Phi) is 4.36. The fourth-order valence-electron chi connectivity index (χ4n) is 3.03. The zero-order valence-corrected chi connectivity index (χ0v) is 14.4. The van der Waals surface area contributed by atoms with Crippen LogP contribution in [0, 0.1) is 10.1 Å². The highest BCUT2D eigenvalue weighted by Crippen LogP contribution is 2.30. The van der Waals surface area contributed by atoms with Crippen molar-refractivity contribution < 1.29 is 19.0 Å². The molecule has 140 valence electrons. The number of hydrogen-bond donors (Lipinski definition) is 0. The van der Waals surface area contributed by atoms with Gasteiger partial charge in [0.05, 0.1) is 10.5 Å². The van der Waals surface area contributed by atoms with Crippen LogP contribution in [0.25, 0.3) is 11.4 Å². The van der Waals surface area contributed by atoms with Gasteiger partial charge in [-0.05, 0) is 24.6 Å². The van der Waals surface area contributed by atoms with E-state index in [2.05, 4.69) is 15.1 Å². The van der Waals surface area contributed by atoms with Crippen LogP contribution < -0.4 is 0 Å². The molecule has 0 radical (unpaired) electrons. The Morgan fingerprint density at radius 3 is 2.64 bits per heavy atom. The van der Waals surface area contributed by atoms with Gasteiger partial charge in [-0.2, -0.15) is 4.98 Å². The van der Waals surface area contributed by atoms with Crippen molar-refractivity contribution in [3.05, 3.63) is 69.9 Å². The SMILES string of the molecule is O=C1c2cccc([N+](=O)[O-])c2C(=O)N1CCCc1nc(-c2ccncc2)no1. The molecule has 10 heteroatoms. The highest BCUT2D eigenvalue weighted by atomic mass is 16.6. The quantitative estimate of drug-likeness (QED) is 0.362. The third-order valence-corrected chi connectivity index (χ3v) is 4.35. The summed E-state index contributed by atoms with van der Waals surface area (Å²) in [6.07, 6.45) is 3.98. The Morgan fingerprint density at radius 2 is 1.89 bits per heavy atom. The van der Waals surface area contributed by atoms with Crippen molar-refractivity contribution in [1.82, 2.24) is 20.0 Å². The Labute approximate surface area is 158 Å². The van der Waals surface area contributed by atoms with Gasteiger partial charge in [-0.25, -0.2) is 0 Å². The first-order chi connectivity index (χ1) is 13.6. The van der Waals surface area contributed by atoms with E-state index in [0.29, 0.717) is 24.6 Å². The molecule has 2 amide bonds. The minimum atomic E-state index is -0.660. The van der Waals surface area contributed by atoms with E-state index in [0.717, 1.165) is 10.5 Å². The van der Waals surface area contributed by atoms with Crippen LogP contribution >= 0.6 is 0 Å². The van der Waals surface area contributed by atoms with Gasteiger partial charge < -0.3 is 4.52 Å². The summed E-state index contributed by atoms with van der Waals surface area (Å²) in [5, 5.41) is 15.0. The lowest BCUT2D eigenvalue weighted by atomic mass is 10.1. The van der Waals surface area contributed by atoms with Gasteiger partial charge >= 0.3 is 0 Å².